The first-order valence-electron chi connectivity index (χ1n) is 21.6. The van der Waals surface area contributed by atoms with Crippen molar-refractivity contribution in [2.24, 2.45) is 0 Å². The van der Waals surface area contributed by atoms with E-state index in [1.54, 1.807) is 0 Å². The topological polar surface area (TPSA) is 92.1 Å². The Labute approximate surface area is 365 Å². The van der Waals surface area contributed by atoms with Crippen molar-refractivity contribution in [2.75, 3.05) is 11.9 Å². The van der Waals surface area contributed by atoms with Crippen molar-refractivity contribution in [3.63, 3.8) is 0 Å². The van der Waals surface area contributed by atoms with E-state index in [2.05, 4.69) is 65.0 Å². The highest BCUT2D eigenvalue weighted by Crippen LogP contribution is 2.42. The molecule has 324 valence electrons. The highest BCUT2D eigenvalue weighted by molar-refractivity contribution is 5.96. The number of carboxylic acids is 1. The largest absolute Gasteiger partial charge is 0.478 e. The number of para-hydroxylation sites is 1. The van der Waals surface area contributed by atoms with E-state index in [0.29, 0.717) is 17.0 Å². The number of anilines is 2. The van der Waals surface area contributed by atoms with Gasteiger partial charge in [0.2, 0.25) is 5.95 Å². The molecule has 2 aromatic heterocycles. The minimum Gasteiger partial charge on any atom is -0.478 e. The maximum absolute atomic E-state index is 15.1. The number of rotatable bonds is 17. The molecular formula is C52H51F4N5O2. The van der Waals surface area contributed by atoms with E-state index >= 15 is 4.39 Å². The van der Waals surface area contributed by atoms with Crippen LogP contribution in [0.3, 0.4) is 0 Å². The molecule has 0 saturated carbocycles. The molecule has 0 radical (unpaired) electrons. The molecule has 1 atom stereocenters. The number of hydrogen-bond acceptors (Lipinski definition) is 5. The molecule has 0 bridgehead atoms. The van der Waals surface area contributed by atoms with Crippen LogP contribution in [-0.2, 0) is 12.7 Å². The van der Waals surface area contributed by atoms with Gasteiger partial charge in [0.25, 0.3) is 0 Å². The number of carbonyl (C=O) groups is 1. The average Bonchev–Trinajstić information content (AvgIpc) is 3.87. The van der Waals surface area contributed by atoms with Crippen LogP contribution in [0.1, 0.15) is 96.9 Å². The fourth-order valence-electron chi connectivity index (χ4n) is 8.07. The van der Waals surface area contributed by atoms with E-state index in [0.717, 1.165) is 64.5 Å². The van der Waals surface area contributed by atoms with Gasteiger partial charge in [-0.2, -0.15) is 13.2 Å². The molecule has 3 N–H and O–H groups in total. The number of pyridine rings is 1. The summed E-state index contributed by atoms with van der Waals surface area (Å²) >= 11 is 0. The third-order valence-corrected chi connectivity index (χ3v) is 11.3. The molecule has 7 aromatic rings. The van der Waals surface area contributed by atoms with E-state index in [1.807, 2.05) is 77.4 Å². The number of aromatic nitrogens is 3. The van der Waals surface area contributed by atoms with Gasteiger partial charge in [-0.3, -0.25) is 9.55 Å². The molecule has 8 rings (SSSR count). The number of imidazole rings is 1. The number of unbranched alkanes of at least 4 members (excludes halogenated alkanes) is 7. The third-order valence-electron chi connectivity index (χ3n) is 11.3. The van der Waals surface area contributed by atoms with Crippen LogP contribution in [0.25, 0.3) is 39.4 Å². The molecule has 11 heteroatoms. The van der Waals surface area contributed by atoms with Crippen LogP contribution in [0.5, 0.6) is 0 Å². The number of benzene rings is 5. The van der Waals surface area contributed by atoms with Crippen LogP contribution in [0.2, 0.25) is 0 Å². The van der Waals surface area contributed by atoms with Gasteiger partial charge in [0, 0.05) is 36.1 Å². The van der Waals surface area contributed by atoms with Crippen molar-refractivity contribution in [1.82, 2.24) is 19.9 Å². The lowest BCUT2D eigenvalue weighted by Gasteiger charge is -2.21. The number of aromatic carboxylic acids is 1. The Kier molecular flexibility index (Phi) is 14.8. The second kappa shape index (κ2) is 21.0. The average molecular weight is 854 g/mol. The fourth-order valence-corrected chi connectivity index (χ4v) is 8.07. The number of hydrogen-bond donors (Lipinski definition) is 3. The van der Waals surface area contributed by atoms with Gasteiger partial charge in [0.15, 0.2) is 0 Å². The van der Waals surface area contributed by atoms with Crippen molar-refractivity contribution in [2.45, 2.75) is 77.1 Å². The first-order chi connectivity index (χ1) is 30.6. The van der Waals surface area contributed by atoms with Gasteiger partial charge in [0.05, 0.1) is 33.9 Å². The predicted molar refractivity (Wildman–Crippen MR) is 244 cm³/mol. The Bertz CT molecular complexity index is 2590. The van der Waals surface area contributed by atoms with E-state index in [-0.39, 0.29) is 18.2 Å². The third kappa shape index (κ3) is 10.9. The summed E-state index contributed by atoms with van der Waals surface area (Å²) in [6, 6.07) is 37.7. The van der Waals surface area contributed by atoms with Crippen LogP contribution in [-0.4, -0.2) is 32.2 Å². The maximum atomic E-state index is 15.1. The molecule has 7 nitrogen and oxygen atoms in total. The van der Waals surface area contributed by atoms with Gasteiger partial charge < -0.3 is 15.7 Å². The molecule has 0 aliphatic heterocycles. The SMILES string of the molecule is CCCCCCCCCCNCc1cnccc1C(F)(F)F.O=C(O)c1cc2nc(Nc3c(-c4ccccc4)cccc3-c3ccccc3)n(C3C=Cc4ccccc43)c2cc1F. The number of alkyl halides is 3. The summed E-state index contributed by atoms with van der Waals surface area (Å²) in [6.07, 6.45) is 12.1. The maximum Gasteiger partial charge on any atom is 0.416 e. The zero-order valence-corrected chi connectivity index (χ0v) is 35.2. The summed E-state index contributed by atoms with van der Waals surface area (Å²) in [4.78, 5) is 20.4. The van der Waals surface area contributed by atoms with E-state index in [4.69, 9.17) is 4.98 Å². The van der Waals surface area contributed by atoms with Gasteiger partial charge >= 0.3 is 12.1 Å². The quantitative estimate of drug-likeness (QED) is 0.0624. The first-order valence-corrected chi connectivity index (χ1v) is 21.6. The fraction of sp³-hybridized carbons (Fsp3) is 0.250. The van der Waals surface area contributed by atoms with Gasteiger partial charge in [0.1, 0.15) is 5.82 Å². The standard InChI is InChI=1S/C35H24FN3O2.C17H27F3N2/c36-29-21-32-30(20-28(29)34(40)41)37-35(39(32)31-19-18-24-14-7-8-15-25(24)31)38-33-26(22-10-3-1-4-11-22)16-9-17-27(33)23-12-5-2-6-13-23;1-2-3-4-5-6-7-8-9-11-21-13-15-14-22-12-10-16(15)17(18,19)20/h1-21,31H,(H,37,38)(H,40,41);10,12,14,21H,2-9,11,13H2,1H3. The Morgan fingerprint density at radius 3 is 2.06 bits per heavy atom. The molecule has 0 fully saturated rings. The van der Waals surface area contributed by atoms with Crippen molar-refractivity contribution in [1.29, 1.82) is 0 Å². The van der Waals surface area contributed by atoms with E-state index < -0.39 is 29.1 Å². The predicted octanol–water partition coefficient (Wildman–Crippen LogP) is 13.9. The minimum absolute atomic E-state index is 0.217. The highest BCUT2D eigenvalue weighted by atomic mass is 19.4. The van der Waals surface area contributed by atoms with Gasteiger partial charge in [-0.1, -0.05) is 167 Å². The molecule has 1 aliphatic rings. The number of carboxylic acid groups (broad SMARTS) is 1. The van der Waals surface area contributed by atoms with Crippen molar-refractivity contribution >= 4 is 34.7 Å². The molecule has 0 saturated heterocycles. The van der Waals surface area contributed by atoms with Crippen LogP contribution < -0.4 is 10.6 Å². The first kappa shape index (κ1) is 44.5. The Morgan fingerprint density at radius 1 is 0.778 bits per heavy atom. The van der Waals surface area contributed by atoms with Crippen LogP contribution in [0.15, 0.2) is 140 Å². The van der Waals surface area contributed by atoms with Gasteiger partial charge in [-0.15, -0.1) is 0 Å². The summed E-state index contributed by atoms with van der Waals surface area (Å²) < 4.78 is 55.4. The molecule has 0 amide bonds. The van der Waals surface area contributed by atoms with Crippen LogP contribution in [0.4, 0.5) is 29.2 Å². The highest BCUT2D eigenvalue weighted by Gasteiger charge is 2.33. The second-order valence-corrected chi connectivity index (χ2v) is 15.6. The normalized spacial score (nSPS) is 13.1. The molecule has 1 unspecified atom stereocenters. The summed E-state index contributed by atoms with van der Waals surface area (Å²) in [6.45, 7) is 3.18. The van der Waals surface area contributed by atoms with Crippen molar-refractivity contribution < 1.29 is 27.5 Å². The van der Waals surface area contributed by atoms with E-state index in [1.165, 1.54) is 63.1 Å². The molecular weight excluding hydrogens is 803 g/mol. The number of nitrogens with zero attached hydrogens (tertiary/aromatic N) is 3. The zero-order chi connectivity index (χ0) is 44.2. The lowest BCUT2D eigenvalue weighted by atomic mass is 9.96. The molecule has 2 heterocycles. The van der Waals surface area contributed by atoms with Gasteiger partial charge in [-0.25, -0.2) is 14.2 Å². The summed E-state index contributed by atoms with van der Waals surface area (Å²) in [5.74, 6) is -1.66. The molecule has 63 heavy (non-hydrogen) atoms. The zero-order valence-electron chi connectivity index (χ0n) is 35.2. The number of fused-ring (bicyclic) bond motifs is 2. The van der Waals surface area contributed by atoms with Crippen LogP contribution >= 0.6 is 0 Å². The number of nitrogens with one attached hydrogen (secondary N) is 2. The summed E-state index contributed by atoms with van der Waals surface area (Å²) in [7, 11) is 0. The minimum atomic E-state index is -4.31. The Hall–Kier alpha value is -6.59. The number of allylic oxidation sites excluding steroid dienone is 1. The van der Waals surface area contributed by atoms with Crippen molar-refractivity contribution in [3.05, 3.63) is 173 Å². The smallest absolute Gasteiger partial charge is 0.416 e. The van der Waals surface area contributed by atoms with Crippen LogP contribution in [0, 0.1) is 5.82 Å². The van der Waals surface area contributed by atoms with Crippen molar-refractivity contribution in [3.8, 4) is 22.3 Å². The Morgan fingerprint density at radius 2 is 1.41 bits per heavy atom. The Balaban J connectivity index is 0.000000231. The van der Waals surface area contributed by atoms with Gasteiger partial charge in [-0.05, 0) is 52.9 Å². The second-order valence-electron chi connectivity index (χ2n) is 15.6. The lowest BCUT2D eigenvalue weighted by molar-refractivity contribution is -0.138. The molecule has 0 spiro atoms. The van der Waals surface area contributed by atoms with E-state index in [9.17, 15) is 23.1 Å². The summed E-state index contributed by atoms with van der Waals surface area (Å²) in [5.41, 5.74) is 7.08. The molecule has 5 aromatic carbocycles. The lowest BCUT2D eigenvalue weighted by Crippen LogP contribution is -2.18. The molecule has 1 aliphatic carbocycles. The monoisotopic (exact) mass is 853 g/mol. The summed E-state index contributed by atoms with van der Waals surface area (Å²) in [5, 5.41) is 16.3. The number of halogens is 4.